The first-order valence-corrected chi connectivity index (χ1v) is 12.2. The Morgan fingerprint density at radius 2 is 1.51 bits per heavy atom. The molecule has 0 saturated carbocycles. The van der Waals surface area contributed by atoms with E-state index in [1.54, 1.807) is 0 Å². The number of amides is 2. The van der Waals surface area contributed by atoms with Gasteiger partial charge in [-0.05, 0) is 23.1 Å². The number of hydrogen-bond acceptors (Lipinski definition) is 6. The van der Waals surface area contributed by atoms with E-state index < -0.39 is 42.4 Å². The molecule has 0 aliphatic carbocycles. The number of rotatable bonds is 9. The van der Waals surface area contributed by atoms with Crippen LogP contribution in [0.2, 0.25) is 0 Å². The minimum atomic E-state index is -0.800. The van der Waals surface area contributed by atoms with Crippen LogP contribution in [0.4, 0.5) is 9.59 Å². The van der Waals surface area contributed by atoms with Crippen LogP contribution in [0, 0.1) is 0 Å². The van der Waals surface area contributed by atoms with Crippen LogP contribution in [0.3, 0.4) is 0 Å². The van der Waals surface area contributed by atoms with Crippen LogP contribution >= 0.6 is 0 Å². The summed E-state index contributed by atoms with van der Waals surface area (Å²) in [5.41, 5.74) is 2.64. The van der Waals surface area contributed by atoms with Gasteiger partial charge in [-0.2, -0.15) is 0 Å². The van der Waals surface area contributed by atoms with Crippen molar-refractivity contribution in [3.05, 3.63) is 108 Å². The summed E-state index contributed by atoms with van der Waals surface area (Å²) in [6.45, 7) is 1.44. The summed E-state index contributed by atoms with van der Waals surface area (Å²) in [6.07, 6.45) is -2.14. The molecule has 3 aromatic rings. The van der Waals surface area contributed by atoms with Gasteiger partial charge in [-0.3, -0.25) is 4.79 Å². The third-order valence-electron chi connectivity index (χ3n) is 6.10. The summed E-state index contributed by atoms with van der Waals surface area (Å²) in [5, 5.41) is 5.68. The standard InChI is InChI=1S/C29H30N2O6/c1-20(32)36-27-25(17-21-11-5-2-6-12-21)31-29(34)37-26(27)18-24(23-15-9-4-10-16-23)30-28(33)35-19-22-13-7-3-8-14-22/h2-16,24-27H,17-19H2,1H3,(H,30,33)(H,31,34)/t24-,25-,26-,27+/m0/s1. The SMILES string of the molecule is CC(=O)O[C@@H]1[C@H](Cc2ccccc2)NC(=O)O[C@H]1C[C@H](NC(=O)OCc1ccccc1)c1ccccc1. The van der Waals surface area contributed by atoms with Crippen LogP contribution < -0.4 is 10.6 Å². The van der Waals surface area contributed by atoms with Gasteiger partial charge in [0.25, 0.3) is 0 Å². The number of nitrogens with one attached hydrogen (secondary N) is 2. The van der Waals surface area contributed by atoms with Gasteiger partial charge in [0.1, 0.15) is 12.7 Å². The molecule has 2 N–H and O–H groups in total. The molecule has 0 unspecified atom stereocenters. The normalized spacial score (nSPS) is 19.6. The number of ether oxygens (including phenoxy) is 3. The molecule has 8 heteroatoms. The zero-order chi connectivity index (χ0) is 26.0. The van der Waals surface area contributed by atoms with Gasteiger partial charge in [0, 0.05) is 13.3 Å². The maximum atomic E-state index is 12.7. The number of alkyl carbamates (subject to hydrolysis) is 2. The van der Waals surface area contributed by atoms with Gasteiger partial charge in [0.2, 0.25) is 0 Å². The molecule has 37 heavy (non-hydrogen) atoms. The van der Waals surface area contributed by atoms with Crippen LogP contribution in [0.15, 0.2) is 91.0 Å². The Balaban J connectivity index is 1.52. The van der Waals surface area contributed by atoms with Crippen molar-refractivity contribution in [3.63, 3.8) is 0 Å². The van der Waals surface area contributed by atoms with E-state index in [4.69, 9.17) is 14.2 Å². The lowest BCUT2D eigenvalue weighted by Gasteiger charge is -2.39. The average Bonchev–Trinajstić information content (AvgIpc) is 2.90. The third kappa shape index (κ3) is 7.57. The van der Waals surface area contributed by atoms with E-state index in [1.165, 1.54) is 6.92 Å². The molecule has 0 bridgehead atoms. The Hall–Kier alpha value is -4.33. The molecular weight excluding hydrogens is 472 g/mol. The van der Waals surface area contributed by atoms with Gasteiger partial charge in [-0.1, -0.05) is 91.0 Å². The molecule has 0 radical (unpaired) electrons. The molecule has 4 atom stereocenters. The Morgan fingerprint density at radius 3 is 2.14 bits per heavy atom. The molecule has 3 aromatic carbocycles. The second-order valence-electron chi connectivity index (χ2n) is 8.86. The summed E-state index contributed by atoms with van der Waals surface area (Å²) in [5.74, 6) is -0.487. The van der Waals surface area contributed by atoms with Crippen molar-refractivity contribution in [3.8, 4) is 0 Å². The van der Waals surface area contributed by atoms with Crippen molar-refractivity contribution in [2.45, 2.75) is 50.7 Å². The Labute approximate surface area is 215 Å². The third-order valence-corrected chi connectivity index (χ3v) is 6.10. The van der Waals surface area contributed by atoms with Crippen molar-refractivity contribution < 1.29 is 28.6 Å². The first kappa shape index (κ1) is 25.8. The van der Waals surface area contributed by atoms with E-state index in [1.807, 2.05) is 91.0 Å². The van der Waals surface area contributed by atoms with Gasteiger partial charge < -0.3 is 24.8 Å². The summed E-state index contributed by atoms with van der Waals surface area (Å²) in [7, 11) is 0. The second-order valence-corrected chi connectivity index (χ2v) is 8.86. The smallest absolute Gasteiger partial charge is 0.407 e. The lowest BCUT2D eigenvalue weighted by molar-refractivity contribution is -0.158. The van der Waals surface area contributed by atoms with Crippen molar-refractivity contribution >= 4 is 18.2 Å². The molecule has 1 heterocycles. The monoisotopic (exact) mass is 502 g/mol. The van der Waals surface area contributed by atoms with E-state index >= 15 is 0 Å². The highest BCUT2D eigenvalue weighted by Crippen LogP contribution is 2.28. The molecule has 192 valence electrons. The van der Waals surface area contributed by atoms with Crippen LogP contribution in [-0.2, 0) is 32.0 Å². The molecule has 4 rings (SSSR count). The predicted molar refractivity (Wildman–Crippen MR) is 136 cm³/mol. The largest absolute Gasteiger partial charge is 0.456 e. The maximum absolute atomic E-state index is 12.7. The molecule has 1 aliphatic heterocycles. The number of benzene rings is 3. The Bertz CT molecular complexity index is 1170. The number of carbonyl (C=O) groups excluding carboxylic acids is 3. The second kappa shape index (κ2) is 12.6. The molecule has 2 amide bonds. The van der Waals surface area contributed by atoms with Crippen molar-refractivity contribution in [2.75, 3.05) is 0 Å². The average molecular weight is 503 g/mol. The van der Waals surface area contributed by atoms with Crippen LogP contribution in [0.1, 0.15) is 36.1 Å². The minimum absolute atomic E-state index is 0.117. The predicted octanol–water partition coefficient (Wildman–Crippen LogP) is 4.70. The van der Waals surface area contributed by atoms with E-state index in [9.17, 15) is 14.4 Å². The maximum Gasteiger partial charge on any atom is 0.407 e. The van der Waals surface area contributed by atoms with Crippen molar-refractivity contribution in [1.29, 1.82) is 0 Å². The van der Waals surface area contributed by atoms with Crippen molar-refractivity contribution in [2.24, 2.45) is 0 Å². The molecule has 0 spiro atoms. The van der Waals surface area contributed by atoms with Gasteiger partial charge in [-0.15, -0.1) is 0 Å². The number of hydrogen-bond donors (Lipinski definition) is 2. The summed E-state index contributed by atoms with van der Waals surface area (Å²) in [6, 6.07) is 27.2. The quantitative estimate of drug-likeness (QED) is 0.325. The van der Waals surface area contributed by atoms with Gasteiger partial charge in [-0.25, -0.2) is 9.59 Å². The minimum Gasteiger partial charge on any atom is -0.456 e. The summed E-state index contributed by atoms with van der Waals surface area (Å²) >= 11 is 0. The summed E-state index contributed by atoms with van der Waals surface area (Å²) in [4.78, 5) is 37.3. The fraction of sp³-hybridized carbons (Fsp3) is 0.276. The summed E-state index contributed by atoms with van der Waals surface area (Å²) < 4.78 is 16.7. The van der Waals surface area contributed by atoms with E-state index in [0.29, 0.717) is 6.42 Å². The van der Waals surface area contributed by atoms with Crippen LogP contribution in [-0.4, -0.2) is 36.4 Å². The lowest BCUT2D eigenvalue weighted by Crippen LogP contribution is -2.59. The van der Waals surface area contributed by atoms with Crippen molar-refractivity contribution in [1.82, 2.24) is 10.6 Å². The number of carbonyl (C=O) groups is 3. The zero-order valence-electron chi connectivity index (χ0n) is 20.5. The highest BCUT2D eigenvalue weighted by atomic mass is 16.6. The Morgan fingerprint density at radius 1 is 0.919 bits per heavy atom. The lowest BCUT2D eigenvalue weighted by atomic mass is 9.91. The van der Waals surface area contributed by atoms with E-state index in [-0.39, 0.29) is 13.0 Å². The molecule has 0 aromatic heterocycles. The molecule has 1 saturated heterocycles. The Kier molecular flexibility index (Phi) is 8.75. The highest BCUT2D eigenvalue weighted by Gasteiger charge is 2.42. The molecule has 8 nitrogen and oxygen atoms in total. The molecular formula is C29H30N2O6. The van der Waals surface area contributed by atoms with Gasteiger partial charge in [0.05, 0.1) is 12.1 Å². The fourth-order valence-corrected chi connectivity index (χ4v) is 4.40. The van der Waals surface area contributed by atoms with Crippen LogP contribution in [0.25, 0.3) is 0 Å². The topological polar surface area (TPSA) is 103 Å². The zero-order valence-corrected chi connectivity index (χ0v) is 20.5. The van der Waals surface area contributed by atoms with E-state index in [2.05, 4.69) is 10.6 Å². The van der Waals surface area contributed by atoms with Gasteiger partial charge >= 0.3 is 18.2 Å². The fourth-order valence-electron chi connectivity index (χ4n) is 4.40. The number of esters is 1. The number of cyclic esters (lactones) is 1. The first-order valence-electron chi connectivity index (χ1n) is 12.2. The molecule has 1 aliphatic rings. The highest BCUT2D eigenvalue weighted by molar-refractivity contribution is 5.71. The van der Waals surface area contributed by atoms with E-state index in [0.717, 1.165) is 16.7 Å². The van der Waals surface area contributed by atoms with Crippen LogP contribution in [0.5, 0.6) is 0 Å². The molecule has 1 fully saturated rings. The first-order chi connectivity index (χ1) is 18.0. The van der Waals surface area contributed by atoms with Gasteiger partial charge in [0.15, 0.2) is 6.10 Å².